The van der Waals surface area contributed by atoms with E-state index < -0.39 is 5.97 Å². The van der Waals surface area contributed by atoms with Crippen molar-refractivity contribution >= 4 is 28.2 Å². The quantitative estimate of drug-likeness (QED) is 0.486. The van der Waals surface area contributed by atoms with Crippen LogP contribution < -0.4 is 14.8 Å². The van der Waals surface area contributed by atoms with Gasteiger partial charge in [0.15, 0.2) is 6.61 Å². The first-order chi connectivity index (χ1) is 14.9. The molecule has 3 rings (SSSR count). The molecule has 0 saturated heterocycles. The number of methoxy groups -OCH3 is 1. The largest absolute Gasteiger partial charge is 0.494 e. The van der Waals surface area contributed by atoms with Gasteiger partial charge in [-0.3, -0.25) is 4.79 Å². The summed E-state index contributed by atoms with van der Waals surface area (Å²) in [6, 6.07) is 13.2. The van der Waals surface area contributed by atoms with Crippen LogP contribution in [-0.4, -0.2) is 32.2 Å². The third kappa shape index (κ3) is 5.44. The van der Waals surface area contributed by atoms with Crippen molar-refractivity contribution in [2.45, 2.75) is 20.8 Å². The van der Waals surface area contributed by atoms with Gasteiger partial charge < -0.3 is 19.5 Å². The minimum absolute atomic E-state index is 0.165. The van der Waals surface area contributed by atoms with Gasteiger partial charge >= 0.3 is 5.97 Å². The molecule has 0 radical (unpaired) electrons. The third-order valence-electron chi connectivity index (χ3n) is 4.61. The second kappa shape index (κ2) is 10.1. The Kier molecular flexibility index (Phi) is 7.31. The summed E-state index contributed by atoms with van der Waals surface area (Å²) in [6.45, 7) is 6.21. The lowest BCUT2D eigenvalue weighted by Gasteiger charge is -2.11. The number of carbonyl (C=O) groups excluding carboxylic acids is 2. The summed E-state index contributed by atoms with van der Waals surface area (Å²) in [4.78, 5) is 25.0. The van der Waals surface area contributed by atoms with Crippen molar-refractivity contribution in [2.24, 2.45) is 0 Å². The fraction of sp³-hybridized carbons (Fsp3) is 0.250. The summed E-state index contributed by atoms with van der Waals surface area (Å²) >= 11 is 1.27. The van der Waals surface area contributed by atoms with Gasteiger partial charge in [-0.2, -0.15) is 0 Å². The molecule has 0 bridgehead atoms. The molecule has 0 spiro atoms. The molecule has 0 aliphatic carbocycles. The molecule has 0 unspecified atom stereocenters. The fourth-order valence-electron chi connectivity index (χ4n) is 3.03. The smallest absolute Gasteiger partial charge is 0.341 e. The van der Waals surface area contributed by atoms with E-state index in [1.54, 1.807) is 0 Å². The Bertz CT molecular complexity index is 1070. The van der Waals surface area contributed by atoms with Gasteiger partial charge in [0.2, 0.25) is 0 Å². The summed E-state index contributed by atoms with van der Waals surface area (Å²) in [7, 11) is 1.32. The van der Waals surface area contributed by atoms with E-state index in [-0.39, 0.29) is 12.5 Å². The summed E-state index contributed by atoms with van der Waals surface area (Å²) in [6.07, 6.45) is 0. The van der Waals surface area contributed by atoms with E-state index in [2.05, 4.69) is 5.32 Å². The second-order valence-corrected chi connectivity index (χ2v) is 7.79. The highest BCUT2D eigenvalue weighted by molar-refractivity contribution is 7.15. The highest BCUT2D eigenvalue weighted by Gasteiger charge is 2.22. The minimum atomic E-state index is -0.518. The number of amides is 1. The molecule has 0 fully saturated rings. The van der Waals surface area contributed by atoms with E-state index >= 15 is 0 Å². The van der Waals surface area contributed by atoms with Crippen molar-refractivity contribution in [3.8, 4) is 22.6 Å². The Morgan fingerprint density at radius 3 is 2.45 bits per heavy atom. The Morgan fingerprint density at radius 2 is 1.77 bits per heavy atom. The van der Waals surface area contributed by atoms with Crippen LogP contribution in [0.1, 0.15) is 28.4 Å². The van der Waals surface area contributed by atoms with Gasteiger partial charge in [-0.05, 0) is 55.7 Å². The molecule has 1 heterocycles. The lowest BCUT2D eigenvalue weighted by Crippen LogP contribution is -2.21. The molecule has 1 amide bonds. The first-order valence-electron chi connectivity index (χ1n) is 9.85. The molecule has 6 nitrogen and oxygen atoms in total. The van der Waals surface area contributed by atoms with Crippen LogP contribution in [0.2, 0.25) is 0 Å². The Labute approximate surface area is 185 Å². The molecular weight excluding hydrogens is 414 g/mol. The number of anilines is 1. The first-order valence-corrected chi connectivity index (χ1v) is 10.7. The molecular formula is C24H25NO5S. The molecule has 162 valence electrons. The molecule has 0 saturated carbocycles. The molecule has 31 heavy (non-hydrogen) atoms. The number of benzene rings is 2. The molecule has 0 aliphatic heterocycles. The number of ether oxygens (including phenoxy) is 3. The van der Waals surface area contributed by atoms with Crippen molar-refractivity contribution in [3.05, 3.63) is 64.5 Å². The van der Waals surface area contributed by atoms with Gasteiger partial charge in [0, 0.05) is 10.9 Å². The lowest BCUT2D eigenvalue weighted by molar-refractivity contribution is -0.118. The standard InChI is InChI=1S/C24H25NO5S/c1-5-29-18-10-8-17(9-11-18)19-14-31-23(22(19)24(27)28-4)25-21(26)13-30-20-12-15(2)6-7-16(20)3/h6-12,14H,5,13H2,1-4H3,(H,25,26). The zero-order valence-corrected chi connectivity index (χ0v) is 18.8. The fourth-order valence-corrected chi connectivity index (χ4v) is 4.01. The molecule has 1 aromatic heterocycles. The predicted octanol–water partition coefficient (Wildman–Crippen LogP) is 5.23. The van der Waals surface area contributed by atoms with E-state index in [4.69, 9.17) is 14.2 Å². The monoisotopic (exact) mass is 439 g/mol. The highest BCUT2D eigenvalue weighted by atomic mass is 32.1. The summed E-state index contributed by atoms with van der Waals surface area (Å²) in [5.74, 6) is 0.532. The molecule has 0 atom stereocenters. The van der Waals surface area contributed by atoms with Gasteiger partial charge in [-0.1, -0.05) is 24.3 Å². The maximum Gasteiger partial charge on any atom is 0.341 e. The SMILES string of the molecule is CCOc1ccc(-c2csc(NC(=O)COc3cc(C)ccc3C)c2C(=O)OC)cc1. The van der Waals surface area contributed by atoms with Crippen molar-refractivity contribution in [1.29, 1.82) is 0 Å². The van der Waals surface area contributed by atoms with Crippen LogP contribution in [-0.2, 0) is 9.53 Å². The molecule has 1 N–H and O–H groups in total. The second-order valence-electron chi connectivity index (χ2n) is 6.91. The number of nitrogens with one attached hydrogen (secondary N) is 1. The number of aryl methyl sites for hydroxylation is 2. The average Bonchev–Trinajstić information content (AvgIpc) is 3.18. The van der Waals surface area contributed by atoms with Crippen LogP contribution in [0.3, 0.4) is 0 Å². The van der Waals surface area contributed by atoms with Crippen molar-refractivity contribution in [3.63, 3.8) is 0 Å². The minimum Gasteiger partial charge on any atom is -0.494 e. The Balaban J connectivity index is 1.78. The van der Waals surface area contributed by atoms with E-state index in [0.717, 1.165) is 22.4 Å². The van der Waals surface area contributed by atoms with Crippen molar-refractivity contribution in [2.75, 3.05) is 25.6 Å². The van der Waals surface area contributed by atoms with Gasteiger partial charge in [0.25, 0.3) is 5.91 Å². The first kappa shape index (κ1) is 22.4. The van der Waals surface area contributed by atoms with Crippen LogP contribution in [0.25, 0.3) is 11.1 Å². The van der Waals surface area contributed by atoms with Gasteiger partial charge in [0.05, 0.1) is 13.7 Å². The zero-order valence-electron chi connectivity index (χ0n) is 18.0. The van der Waals surface area contributed by atoms with E-state index in [1.807, 2.05) is 68.6 Å². The third-order valence-corrected chi connectivity index (χ3v) is 5.51. The molecule has 2 aromatic carbocycles. The Hall–Kier alpha value is -3.32. The summed E-state index contributed by atoms with van der Waals surface area (Å²) in [5, 5.41) is 5.03. The van der Waals surface area contributed by atoms with Crippen molar-refractivity contribution in [1.82, 2.24) is 0 Å². The number of rotatable bonds is 8. The van der Waals surface area contributed by atoms with Crippen molar-refractivity contribution < 1.29 is 23.8 Å². The molecule has 0 aliphatic rings. The predicted molar refractivity (Wildman–Crippen MR) is 122 cm³/mol. The van der Waals surface area contributed by atoms with Crippen LogP contribution in [0.15, 0.2) is 47.8 Å². The van der Waals surface area contributed by atoms with Crippen LogP contribution >= 0.6 is 11.3 Å². The van der Waals surface area contributed by atoms with Gasteiger partial charge in [-0.25, -0.2) is 4.79 Å². The normalized spacial score (nSPS) is 10.5. The molecule has 7 heteroatoms. The number of esters is 1. The van der Waals surface area contributed by atoms with Crippen LogP contribution in [0, 0.1) is 13.8 Å². The lowest BCUT2D eigenvalue weighted by atomic mass is 10.0. The van der Waals surface area contributed by atoms with E-state index in [1.165, 1.54) is 18.4 Å². The van der Waals surface area contributed by atoms with E-state index in [9.17, 15) is 9.59 Å². The average molecular weight is 440 g/mol. The van der Waals surface area contributed by atoms with Gasteiger partial charge in [-0.15, -0.1) is 11.3 Å². The highest BCUT2D eigenvalue weighted by Crippen LogP contribution is 2.36. The summed E-state index contributed by atoms with van der Waals surface area (Å²) < 4.78 is 16.1. The van der Waals surface area contributed by atoms with Crippen LogP contribution in [0.4, 0.5) is 5.00 Å². The maximum absolute atomic E-state index is 12.5. The number of thiophene rings is 1. The topological polar surface area (TPSA) is 73.9 Å². The zero-order chi connectivity index (χ0) is 22.4. The summed E-state index contributed by atoms with van der Waals surface area (Å²) in [5.41, 5.74) is 3.82. The number of hydrogen-bond acceptors (Lipinski definition) is 6. The molecule has 3 aromatic rings. The Morgan fingerprint density at radius 1 is 1.03 bits per heavy atom. The van der Waals surface area contributed by atoms with Crippen LogP contribution in [0.5, 0.6) is 11.5 Å². The number of carbonyl (C=O) groups is 2. The maximum atomic E-state index is 12.5. The van der Waals surface area contributed by atoms with E-state index in [0.29, 0.717) is 28.5 Å². The van der Waals surface area contributed by atoms with Gasteiger partial charge in [0.1, 0.15) is 22.1 Å². The number of hydrogen-bond donors (Lipinski definition) is 1.